The first-order valence-electron chi connectivity index (χ1n) is 8.06. The highest BCUT2D eigenvalue weighted by Gasteiger charge is 2.31. The number of para-hydroxylation sites is 1. The van der Waals surface area contributed by atoms with E-state index in [-0.39, 0.29) is 11.8 Å². The van der Waals surface area contributed by atoms with Crippen LogP contribution in [0.15, 0.2) is 42.6 Å². The lowest BCUT2D eigenvalue weighted by Crippen LogP contribution is -2.24. The van der Waals surface area contributed by atoms with Crippen LogP contribution < -0.4 is 9.80 Å². The third-order valence-electron chi connectivity index (χ3n) is 4.30. The number of benzene rings is 1. The first-order valence-corrected chi connectivity index (χ1v) is 8.06. The van der Waals surface area contributed by atoms with Crippen molar-refractivity contribution >= 4 is 17.4 Å². The van der Waals surface area contributed by atoms with Crippen molar-refractivity contribution < 1.29 is 4.79 Å². The average Bonchev–Trinajstić information content (AvgIpc) is 2.95. The van der Waals surface area contributed by atoms with Crippen molar-refractivity contribution in [2.24, 2.45) is 5.92 Å². The molecule has 2 aromatic rings. The van der Waals surface area contributed by atoms with E-state index in [1.807, 2.05) is 48.3 Å². The Morgan fingerprint density at radius 3 is 2.78 bits per heavy atom. The lowest BCUT2D eigenvalue weighted by Gasteiger charge is -2.17. The molecule has 0 saturated carbocycles. The molecule has 1 aliphatic rings. The van der Waals surface area contributed by atoms with Crippen molar-refractivity contribution in [3.63, 3.8) is 0 Å². The Hall–Kier alpha value is -2.43. The van der Waals surface area contributed by atoms with E-state index in [0.717, 1.165) is 36.8 Å². The van der Waals surface area contributed by atoms with Gasteiger partial charge in [-0.2, -0.15) is 0 Å². The quantitative estimate of drug-likeness (QED) is 0.851. The summed E-state index contributed by atoms with van der Waals surface area (Å²) in [7, 11) is 2.02. The van der Waals surface area contributed by atoms with Crippen molar-refractivity contribution in [1.82, 2.24) is 9.97 Å². The Kier molecular flexibility index (Phi) is 4.55. The summed E-state index contributed by atoms with van der Waals surface area (Å²) in [4.78, 5) is 25.2. The fourth-order valence-corrected chi connectivity index (χ4v) is 2.90. The molecule has 1 aromatic heterocycles. The highest BCUT2D eigenvalue weighted by atomic mass is 16.2. The molecule has 0 radical (unpaired) electrons. The molecule has 5 nitrogen and oxygen atoms in total. The van der Waals surface area contributed by atoms with Gasteiger partial charge in [-0.1, -0.05) is 18.2 Å². The third-order valence-corrected chi connectivity index (χ3v) is 4.30. The maximum absolute atomic E-state index is 12.3. The Morgan fingerprint density at radius 2 is 2.04 bits per heavy atom. The molecule has 1 unspecified atom stereocenters. The highest BCUT2D eigenvalue weighted by molar-refractivity contribution is 5.95. The molecule has 1 aliphatic heterocycles. The third kappa shape index (κ3) is 3.50. The average molecular weight is 310 g/mol. The second-order valence-electron chi connectivity index (χ2n) is 5.96. The SMILES string of the molecule is CCN(C)c1ccnc(CC2CC(=O)N(c3ccccc3)C2)n1. The lowest BCUT2D eigenvalue weighted by molar-refractivity contribution is -0.117. The molecule has 23 heavy (non-hydrogen) atoms. The van der Waals surface area contributed by atoms with Gasteiger partial charge in [0.05, 0.1) is 0 Å². The van der Waals surface area contributed by atoms with E-state index in [2.05, 4.69) is 21.8 Å². The minimum absolute atomic E-state index is 0.183. The highest BCUT2D eigenvalue weighted by Crippen LogP contribution is 2.26. The van der Waals surface area contributed by atoms with Crippen LogP contribution in [0, 0.1) is 5.92 Å². The topological polar surface area (TPSA) is 49.3 Å². The molecule has 2 heterocycles. The lowest BCUT2D eigenvalue weighted by atomic mass is 10.0. The molecule has 5 heteroatoms. The molecule has 0 N–H and O–H groups in total. The molecule has 1 aromatic carbocycles. The number of hydrogen-bond acceptors (Lipinski definition) is 4. The van der Waals surface area contributed by atoms with Gasteiger partial charge in [-0.15, -0.1) is 0 Å². The van der Waals surface area contributed by atoms with Gasteiger partial charge in [-0.3, -0.25) is 4.79 Å². The number of amides is 1. The molecular formula is C18H22N4O. The normalized spacial score (nSPS) is 17.6. The van der Waals surface area contributed by atoms with Gasteiger partial charge in [0.2, 0.25) is 5.91 Å². The fraction of sp³-hybridized carbons (Fsp3) is 0.389. The van der Waals surface area contributed by atoms with Gasteiger partial charge in [0.25, 0.3) is 0 Å². The predicted octanol–water partition coefficient (Wildman–Crippen LogP) is 2.53. The molecule has 1 amide bonds. The Bertz CT molecular complexity index is 674. The predicted molar refractivity (Wildman–Crippen MR) is 91.6 cm³/mol. The molecule has 1 saturated heterocycles. The summed E-state index contributed by atoms with van der Waals surface area (Å²) in [6, 6.07) is 11.8. The van der Waals surface area contributed by atoms with Gasteiger partial charge in [-0.25, -0.2) is 9.97 Å². The summed E-state index contributed by atoms with van der Waals surface area (Å²) in [5.74, 6) is 2.20. The van der Waals surface area contributed by atoms with Crippen molar-refractivity contribution in [2.75, 3.05) is 29.9 Å². The molecule has 1 fully saturated rings. The van der Waals surface area contributed by atoms with Crippen molar-refractivity contribution in [3.8, 4) is 0 Å². The van der Waals surface area contributed by atoms with Gasteiger partial charge in [0.15, 0.2) is 0 Å². The minimum Gasteiger partial charge on any atom is -0.360 e. The monoisotopic (exact) mass is 310 g/mol. The standard InChI is InChI=1S/C18H22N4O/c1-3-21(2)17-9-10-19-16(20-17)11-14-12-18(23)22(13-14)15-7-5-4-6-8-15/h4-10,14H,3,11-13H2,1-2H3. The van der Waals surface area contributed by atoms with Crippen molar-refractivity contribution in [1.29, 1.82) is 0 Å². The van der Waals surface area contributed by atoms with E-state index in [9.17, 15) is 4.79 Å². The largest absolute Gasteiger partial charge is 0.360 e. The zero-order valence-corrected chi connectivity index (χ0v) is 13.6. The number of rotatable bonds is 5. The molecule has 120 valence electrons. The van der Waals surface area contributed by atoms with Crippen LogP contribution in [0.2, 0.25) is 0 Å². The zero-order chi connectivity index (χ0) is 16.2. The number of anilines is 2. The second-order valence-corrected chi connectivity index (χ2v) is 5.96. The van der Waals surface area contributed by atoms with Crippen LogP contribution in [0.3, 0.4) is 0 Å². The smallest absolute Gasteiger partial charge is 0.227 e. The van der Waals surface area contributed by atoms with Gasteiger partial charge >= 0.3 is 0 Å². The summed E-state index contributed by atoms with van der Waals surface area (Å²) < 4.78 is 0. The van der Waals surface area contributed by atoms with Gasteiger partial charge in [-0.05, 0) is 31.0 Å². The van der Waals surface area contributed by atoms with Crippen molar-refractivity contribution in [2.45, 2.75) is 19.8 Å². The second kappa shape index (κ2) is 6.77. The van der Waals surface area contributed by atoms with Crippen LogP contribution in [0.5, 0.6) is 0 Å². The molecule has 3 rings (SSSR count). The van der Waals surface area contributed by atoms with Crippen LogP contribution in [-0.2, 0) is 11.2 Å². The van der Waals surface area contributed by atoms with Gasteiger partial charge < -0.3 is 9.80 Å². The van der Waals surface area contributed by atoms with E-state index >= 15 is 0 Å². The zero-order valence-electron chi connectivity index (χ0n) is 13.6. The van der Waals surface area contributed by atoms with Crippen LogP contribution >= 0.6 is 0 Å². The van der Waals surface area contributed by atoms with Crippen LogP contribution in [0.25, 0.3) is 0 Å². The van der Waals surface area contributed by atoms with Crippen LogP contribution in [-0.4, -0.2) is 36.0 Å². The van der Waals surface area contributed by atoms with E-state index in [1.165, 1.54) is 0 Å². The summed E-state index contributed by atoms with van der Waals surface area (Å²) in [5, 5.41) is 0. The minimum atomic E-state index is 0.183. The first kappa shape index (κ1) is 15.5. The molecule has 1 atom stereocenters. The number of hydrogen-bond donors (Lipinski definition) is 0. The summed E-state index contributed by atoms with van der Waals surface area (Å²) >= 11 is 0. The van der Waals surface area contributed by atoms with E-state index < -0.39 is 0 Å². The number of nitrogens with zero attached hydrogens (tertiary/aromatic N) is 4. The molecular weight excluding hydrogens is 288 g/mol. The molecule has 0 spiro atoms. The van der Waals surface area contributed by atoms with Gasteiger partial charge in [0.1, 0.15) is 11.6 Å². The summed E-state index contributed by atoms with van der Waals surface area (Å²) in [6.45, 7) is 3.73. The van der Waals surface area contributed by atoms with E-state index in [1.54, 1.807) is 6.20 Å². The van der Waals surface area contributed by atoms with Crippen molar-refractivity contribution in [3.05, 3.63) is 48.4 Å². The van der Waals surface area contributed by atoms with Crippen LogP contribution in [0.1, 0.15) is 19.2 Å². The van der Waals surface area contributed by atoms with Gasteiger partial charge in [0, 0.05) is 44.9 Å². The Morgan fingerprint density at radius 1 is 1.26 bits per heavy atom. The number of aromatic nitrogens is 2. The molecule has 0 aliphatic carbocycles. The summed E-state index contributed by atoms with van der Waals surface area (Å²) in [6.07, 6.45) is 3.10. The first-order chi connectivity index (χ1) is 11.2. The number of carbonyl (C=O) groups excluding carboxylic acids is 1. The Balaban J connectivity index is 1.69. The number of carbonyl (C=O) groups is 1. The fourth-order valence-electron chi connectivity index (χ4n) is 2.90. The summed E-state index contributed by atoms with van der Waals surface area (Å²) in [5.41, 5.74) is 0.973. The van der Waals surface area contributed by atoms with Crippen LogP contribution in [0.4, 0.5) is 11.5 Å². The molecule has 0 bridgehead atoms. The van der Waals surface area contributed by atoms with E-state index in [0.29, 0.717) is 6.42 Å². The maximum atomic E-state index is 12.3. The van der Waals surface area contributed by atoms with E-state index in [4.69, 9.17) is 0 Å². The maximum Gasteiger partial charge on any atom is 0.227 e. The Labute approximate surface area is 137 Å².